The molecule has 1 aromatic rings. The van der Waals surface area contributed by atoms with Crippen LogP contribution >= 0.6 is 0 Å². The summed E-state index contributed by atoms with van der Waals surface area (Å²) in [6.45, 7) is 12.7. The first-order valence-corrected chi connectivity index (χ1v) is 7.67. The van der Waals surface area contributed by atoms with Gasteiger partial charge in [-0.3, -0.25) is 0 Å². The Balaban J connectivity index is 3.04. The average molecular weight is 279 g/mol. The maximum absolute atomic E-state index is 5.81. The summed E-state index contributed by atoms with van der Waals surface area (Å²) in [5, 5.41) is 3.57. The van der Waals surface area contributed by atoms with Crippen LogP contribution in [-0.4, -0.2) is 26.0 Å². The molecule has 1 unspecified atom stereocenters. The molecule has 3 heteroatoms. The Bertz CT molecular complexity index is 387. The van der Waals surface area contributed by atoms with E-state index in [0.717, 1.165) is 13.0 Å². The minimum absolute atomic E-state index is 0.0785. The minimum Gasteiger partial charge on any atom is -0.351 e. The zero-order valence-corrected chi connectivity index (χ0v) is 13.5. The summed E-state index contributed by atoms with van der Waals surface area (Å²) in [5.41, 5.74) is 3.81. The highest BCUT2D eigenvalue weighted by atomic mass is 16.7. The molecule has 1 aromatic carbocycles. The van der Waals surface area contributed by atoms with Crippen LogP contribution in [0.5, 0.6) is 0 Å². The van der Waals surface area contributed by atoms with Gasteiger partial charge in [-0.05, 0) is 51.8 Å². The lowest BCUT2D eigenvalue weighted by Crippen LogP contribution is -2.37. The van der Waals surface area contributed by atoms with Gasteiger partial charge in [0.15, 0.2) is 6.29 Å². The molecule has 0 aliphatic rings. The second kappa shape index (κ2) is 9.11. The van der Waals surface area contributed by atoms with Crippen LogP contribution in [0.4, 0.5) is 0 Å². The molecule has 0 fully saturated rings. The van der Waals surface area contributed by atoms with Gasteiger partial charge in [0, 0.05) is 13.2 Å². The highest BCUT2D eigenvalue weighted by molar-refractivity contribution is 5.33. The van der Waals surface area contributed by atoms with E-state index < -0.39 is 0 Å². The third-order valence-electron chi connectivity index (χ3n) is 3.32. The van der Waals surface area contributed by atoms with Crippen molar-refractivity contribution in [1.82, 2.24) is 5.32 Å². The molecule has 0 amide bonds. The molecule has 0 saturated heterocycles. The zero-order valence-electron chi connectivity index (χ0n) is 13.5. The Kier molecular flexibility index (Phi) is 7.82. The van der Waals surface area contributed by atoms with E-state index in [1.54, 1.807) is 0 Å². The Morgan fingerprint density at radius 1 is 1.05 bits per heavy atom. The highest BCUT2D eigenvalue weighted by Crippen LogP contribution is 2.25. The number of benzene rings is 1. The van der Waals surface area contributed by atoms with Crippen molar-refractivity contribution in [2.45, 2.75) is 53.4 Å². The zero-order chi connectivity index (χ0) is 15.0. The van der Waals surface area contributed by atoms with Gasteiger partial charge in [0.05, 0.1) is 6.04 Å². The predicted molar refractivity (Wildman–Crippen MR) is 84.0 cm³/mol. The smallest absolute Gasteiger partial charge is 0.176 e. The van der Waals surface area contributed by atoms with Gasteiger partial charge in [-0.25, -0.2) is 0 Å². The molecule has 0 heterocycles. The second-order valence-electron chi connectivity index (χ2n) is 5.07. The van der Waals surface area contributed by atoms with Gasteiger partial charge in [0.25, 0.3) is 0 Å². The quantitative estimate of drug-likeness (QED) is 0.698. The van der Waals surface area contributed by atoms with E-state index >= 15 is 0 Å². The number of hydrogen-bond donors (Lipinski definition) is 1. The van der Waals surface area contributed by atoms with Crippen molar-refractivity contribution in [1.29, 1.82) is 0 Å². The summed E-state index contributed by atoms with van der Waals surface area (Å²) in [6, 6.07) is 6.62. The standard InChI is InChI=1S/C17H29NO2/c1-6-11-18-16(17(19-7-2)20-8-3)15-12-13(4)9-10-14(15)5/h9-10,12,16-18H,6-8,11H2,1-5H3. The molecular weight excluding hydrogens is 250 g/mol. The molecule has 1 atom stereocenters. The molecule has 0 radical (unpaired) electrons. The number of ether oxygens (including phenoxy) is 2. The fourth-order valence-electron chi connectivity index (χ4n) is 2.32. The monoisotopic (exact) mass is 279 g/mol. The molecule has 20 heavy (non-hydrogen) atoms. The van der Waals surface area contributed by atoms with Crippen LogP contribution in [0.2, 0.25) is 0 Å². The number of rotatable bonds is 9. The van der Waals surface area contributed by atoms with Gasteiger partial charge in [0.1, 0.15) is 0 Å². The lowest BCUT2D eigenvalue weighted by Gasteiger charge is -2.29. The molecule has 1 rings (SSSR count). The Morgan fingerprint density at radius 2 is 1.70 bits per heavy atom. The third-order valence-corrected chi connectivity index (χ3v) is 3.32. The minimum atomic E-state index is -0.239. The molecule has 0 bridgehead atoms. The van der Waals surface area contributed by atoms with Crippen molar-refractivity contribution in [2.24, 2.45) is 0 Å². The maximum atomic E-state index is 5.81. The van der Waals surface area contributed by atoms with Crippen molar-refractivity contribution in [2.75, 3.05) is 19.8 Å². The van der Waals surface area contributed by atoms with Crippen molar-refractivity contribution >= 4 is 0 Å². The normalized spacial score (nSPS) is 12.9. The SMILES string of the molecule is CCCNC(c1cc(C)ccc1C)C(OCC)OCC. The summed E-state index contributed by atoms with van der Waals surface area (Å²) in [5.74, 6) is 0. The van der Waals surface area contributed by atoms with Crippen LogP contribution in [0.1, 0.15) is 49.9 Å². The summed E-state index contributed by atoms with van der Waals surface area (Å²) in [7, 11) is 0. The van der Waals surface area contributed by atoms with Crippen LogP contribution < -0.4 is 5.32 Å². The molecule has 0 aliphatic carbocycles. The molecule has 0 spiro atoms. The van der Waals surface area contributed by atoms with Crippen LogP contribution in [0.3, 0.4) is 0 Å². The highest BCUT2D eigenvalue weighted by Gasteiger charge is 2.25. The van der Waals surface area contributed by atoms with Gasteiger partial charge in [-0.1, -0.05) is 30.7 Å². The first-order valence-electron chi connectivity index (χ1n) is 7.67. The van der Waals surface area contributed by atoms with Gasteiger partial charge < -0.3 is 14.8 Å². The molecule has 0 aliphatic heterocycles. The first kappa shape index (κ1) is 17.2. The first-order chi connectivity index (χ1) is 9.63. The fraction of sp³-hybridized carbons (Fsp3) is 0.647. The third kappa shape index (κ3) is 4.89. The van der Waals surface area contributed by atoms with E-state index in [2.05, 4.69) is 44.3 Å². The summed E-state index contributed by atoms with van der Waals surface area (Å²) < 4.78 is 11.6. The van der Waals surface area contributed by atoms with E-state index in [0.29, 0.717) is 13.2 Å². The fourth-order valence-corrected chi connectivity index (χ4v) is 2.32. The number of hydrogen-bond acceptors (Lipinski definition) is 3. The van der Waals surface area contributed by atoms with Crippen LogP contribution in [-0.2, 0) is 9.47 Å². The van der Waals surface area contributed by atoms with E-state index in [1.807, 2.05) is 13.8 Å². The predicted octanol–water partition coefficient (Wildman–Crippen LogP) is 3.74. The molecule has 3 nitrogen and oxygen atoms in total. The van der Waals surface area contributed by atoms with Crippen LogP contribution in [0, 0.1) is 13.8 Å². The lowest BCUT2D eigenvalue weighted by molar-refractivity contribution is -0.155. The Labute approximate surface area is 123 Å². The largest absolute Gasteiger partial charge is 0.351 e. The van der Waals surface area contributed by atoms with Gasteiger partial charge in [-0.15, -0.1) is 0 Å². The summed E-state index contributed by atoms with van der Waals surface area (Å²) >= 11 is 0. The maximum Gasteiger partial charge on any atom is 0.176 e. The Hall–Kier alpha value is -0.900. The summed E-state index contributed by atoms with van der Waals surface area (Å²) in [6.07, 6.45) is 0.851. The van der Waals surface area contributed by atoms with Gasteiger partial charge in [0.2, 0.25) is 0 Å². The van der Waals surface area contributed by atoms with E-state index in [9.17, 15) is 0 Å². The van der Waals surface area contributed by atoms with Gasteiger partial charge >= 0.3 is 0 Å². The lowest BCUT2D eigenvalue weighted by atomic mass is 9.98. The molecule has 1 N–H and O–H groups in total. The topological polar surface area (TPSA) is 30.5 Å². The van der Waals surface area contributed by atoms with Crippen molar-refractivity contribution in [3.05, 3.63) is 34.9 Å². The molecule has 0 saturated carbocycles. The van der Waals surface area contributed by atoms with E-state index in [4.69, 9.17) is 9.47 Å². The van der Waals surface area contributed by atoms with Crippen LogP contribution in [0.25, 0.3) is 0 Å². The molecule has 114 valence electrons. The van der Waals surface area contributed by atoms with E-state index in [-0.39, 0.29) is 12.3 Å². The average Bonchev–Trinajstić information content (AvgIpc) is 2.43. The second-order valence-corrected chi connectivity index (χ2v) is 5.07. The van der Waals surface area contributed by atoms with Crippen molar-refractivity contribution in [3.63, 3.8) is 0 Å². The summed E-state index contributed by atoms with van der Waals surface area (Å²) in [4.78, 5) is 0. The van der Waals surface area contributed by atoms with Crippen LogP contribution in [0.15, 0.2) is 18.2 Å². The van der Waals surface area contributed by atoms with Crippen molar-refractivity contribution < 1.29 is 9.47 Å². The Morgan fingerprint density at radius 3 is 2.25 bits per heavy atom. The molecule has 0 aromatic heterocycles. The number of nitrogens with one attached hydrogen (secondary N) is 1. The molecular formula is C17H29NO2. The van der Waals surface area contributed by atoms with E-state index in [1.165, 1.54) is 16.7 Å². The van der Waals surface area contributed by atoms with Crippen molar-refractivity contribution in [3.8, 4) is 0 Å². The number of aryl methyl sites for hydroxylation is 2. The van der Waals surface area contributed by atoms with Gasteiger partial charge in [-0.2, -0.15) is 0 Å².